The third kappa shape index (κ3) is 2.24. The van der Waals surface area contributed by atoms with E-state index in [1.165, 1.54) is 19.3 Å². The van der Waals surface area contributed by atoms with E-state index in [4.69, 9.17) is 4.74 Å². The van der Waals surface area contributed by atoms with Crippen LogP contribution in [0.5, 0.6) is 6.01 Å². The van der Waals surface area contributed by atoms with Gasteiger partial charge in [-0.3, -0.25) is 14.8 Å². The molecule has 0 amide bonds. The molecule has 5 nitrogen and oxygen atoms in total. The lowest BCUT2D eigenvalue weighted by molar-refractivity contribution is 0.389. The SMILES string of the molecule is O=c1[nH]c(OC2=CC3CCCC3C=C2)nc2cnccc12. The van der Waals surface area contributed by atoms with E-state index in [0.717, 1.165) is 5.76 Å². The Kier molecular flexibility index (Phi) is 2.84. The van der Waals surface area contributed by atoms with Gasteiger partial charge in [0.05, 0.1) is 17.1 Å². The zero-order valence-electron chi connectivity index (χ0n) is 11.5. The molecule has 1 saturated carbocycles. The van der Waals surface area contributed by atoms with Gasteiger partial charge in [0.25, 0.3) is 5.56 Å². The molecule has 5 heteroatoms. The van der Waals surface area contributed by atoms with Crippen molar-refractivity contribution < 1.29 is 4.74 Å². The van der Waals surface area contributed by atoms with E-state index in [9.17, 15) is 4.79 Å². The molecule has 2 heterocycles. The second kappa shape index (κ2) is 4.84. The molecule has 0 bridgehead atoms. The van der Waals surface area contributed by atoms with E-state index < -0.39 is 0 Å². The number of aromatic nitrogens is 3. The quantitative estimate of drug-likeness (QED) is 0.918. The Balaban J connectivity index is 1.66. The zero-order chi connectivity index (χ0) is 14.2. The number of pyridine rings is 1. The second-order valence-corrected chi connectivity index (χ2v) is 5.55. The van der Waals surface area contributed by atoms with Crippen molar-refractivity contribution in [1.29, 1.82) is 0 Å². The van der Waals surface area contributed by atoms with E-state index >= 15 is 0 Å². The molecule has 2 aliphatic carbocycles. The standard InChI is InChI=1S/C16H15N3O2/c20-15-13-6-7-17-9-14(13)18-16(19-15)21-12-5-4-10-2-1-3-11(10)8-12/h4-11H,1-3H2,(H,18,19,20). The highest BCUT2D eigenvalue weighted by molar-refractivity contribution is 5.76. The minimum absolute atomic E-state index is 0.212. The molecule has 21 heavy (non-hydrogen) atoms. The first-order chi connectivity index (χ1) is 10.3. The Labute approximate surface area is 121 Å². The van der Waals surface area contributed by atoms with Gasteiger partial charge in [0.1, 0.15) is 5.76 Å². The topological polar surface area (TPSA) is 67.9 Å². The summed E-state index contributed by atoms with van der Waals surface area (Å²) < 4.78 is 5.73. The maximum absolute atomic E-state index is 12.0. The van der Waals surface area contributed by atoms with Gasteiger partial charge in [-0.25, -0.2) is 0 Å². The van der Waals surface area contributed by atoms with Crippen molar-refractivity contribution in [1.82, 2.24) is 15.0 Å². The van der Waals surface area contributed by atoms with Crippen LogP contribution in [0.4, 0.5) is 0 Å². The Hall–Kier alpha value is -2.43. The summed E-state index contributed by atoms with van der Waals surface area (Å²) in [6.07, 6.45) is 13.2. The number of hydrogen-bond donors (Lipinski definition) is 1. The molecule has 1 fully saturated rings. The number of nitrogens with one attached hydrogen (secondary N) is 1. The average molecular weight is 281 g/mol. The monoisotopic (exact) mass is 281 g/mol. The van der Waals surface area contributed by atoms with Gasteiger partial charge in [0.15, 0.2) is 0 Å². The lowest BCUT2D eigenvalue weighted by Crippen LogP contribution is -2.13. The first-order valence-electron chi connectivity index (χ1n) is 7.21. The lowest BCUT2D eigenvalue weighted by Gasteiger charge is -2.18. The molecule has 2 unspecified atom stereocenters. The van der Waals surface area contributed by atoms with E-state index in [1.807, 2.05) is 6.08 Å². The summed E-state index contributed by atoms with van der Waals surface area (Å²) in [7, 11) is 0. The normalized spacial score (nSPS) is 23.9. The molecule has 0 spiro atoms. The summed E-state index contributed by atoms with van der Waals surface area (Å²) in [5.41, 5.74) is 0.326. The van der Waals surface area contributed by atoms with Crippen molar-refractivity contribution in [3.8, 4) is 6.01 Å². The maximum atomic E-state index is 12.0. The third-order valence-corrected chi connectivity index (χ3v) is 4.21. The molecule has 0 aromatic carbocycles. The van der Waals surface area contributed by atoms with Crippen LogP contribution in [0.25, 0.3) is 10.9 Å². The molecule has 106 valence electrons. The maximum Gasteiger partial charge on any atom is 0.302 e. The number of hydrogen-bond acceptors (Lipinski definition) is 4. The summed E-state index contributed by atoms with van der Waals surface area (Å²) in [6, 6.07) is 1.86. The summed E-state index contributed by atoms with van der Waals surface area (Å²) in [4.78, 5) is 22.9. The summed E-state index contributed by atoms with van der Waals surface area (Å²) in [5.74, 6) is 1.95. The van der Waals surface area contributed by atoms with Gasteiger partial charge in [0, 0.05) is 6.20 Å². The fraction of sp³-hybridized carbons (Fsp3) is 0.312. The number of H-pyrrole nitrogens is 1. The van der Waals surface area contributed by atoms with Crippen LogP contribution in [0.15, 0.2) is 47.2 Å². The van der Waals surface area contributed by atoms with Crippen LogP contribution < -0.4 is 10.3 Å². The number of ether oxygens (including phenoxy) is 1. The van der Waals surface area contributed by atoms with Crippen LogP contribution in [0, 0.1) is 11.8 Å². The molecule has 1 N–H and O–H groups in total. The van der Waals surface area contributed by atoms with Gasteiger partial charge in [-0.2, -0.15) is 4.98 Å². The van der Waals surface area contributed by atoms with Crippen molar-refractivity contribution >= 4 is 10.9 Å². The van der Waals surface area contributed by atoms with Crippen molar-refractivity contribution in [2.24, 2.45) is 11.8 Å². The van der Waals surface area contributed by atoms with Crippen molar-refractivity contribution in [2.75, 3.05) is 0 Å². The molecule has 2 aromatic rings. The third-order valence-electron chi connectivity index (χ3n) is 4.21. The Bertz CT molecular complexity index is 807. The highest BCUT2D eigenvalue weighted by Gasteiger charge is 2.26. The molecule has 0 radical (unpaired) electrons. The smallest absolute Gasteiger partial charge is 0.302 e. The van der Waals surface area contributed by atoms with E-state index in [-0.39, 0.29) is 11.6 Å². The Morgan fingerprint density at radius 1 is 1.29 bits per heavy atom. The first-order valence-corrected chi connectivity index (χ1v) is 7.21. The molecule has 0 aliphatic heterocycles. The number of fused-ring (bicyclic) bond motifs is 2. The number of allylic oxidation sites excluding steroid dienone is 3. The average Bonchev–Trinajstić information content (AvgIpc) is 2.95. The molecule has 2 aliphatic rings. The summed E-state index contributed by atoms with van der Waals surface area (Å²) >= 11 is 0. The van der Waals surface area contributed by atoms with Crippen LogP contribution in [0.3, 0.4) is 0 Å². The van der Waals surface area contributed by atoms with Crippen LogP contribution in [0.1, 0.15) is 19.3 Å². The van der Waals surface area contributed by atoms with Gasteiger partial charge < -0.3 is 4.74 Å². The second-order valence-electron chi connectivity index (χ2n) is 5.55. The van der Waals surface area contributed by atoms with Crippen molar-refractivity contribution in [2.45, 2.75) is 19.3 Å². The molecule has 4 rings (SSSR count). The zero-order valence-corrected chi connectivity index (χ0v) is 11.5. The molecule has 0 saturated heterocycles. The van der Waals surface area contributed by atoms with Gasteiger partial charge in [-0.15, -0.1) is 0 Å². The van der Waals surface area contributed by atoms with Gasteiger partial charge in [0.2, 0.25) is 0 Å². The van der Waals surface area contributed by atoms with Crippen molar-refractivity contribution in [3.05, 3.63) is 52.8 Å². The van der Waals surface area contributed by atoms with E-state index in [2.05, 4.69) is 27.1 Å². The van der Waals surface area contributed by atoms with Gasteiger partial charge in [-0.05, 0) is 42.9 Å². The molecular weight excluding hydrogens is 266 g/mol. The molecule has 2 aromatic heterocycles. The Morgan fingerprint density at radius 2 is 2.19 bits per heavy atom. The largest absolute Gasteiger partial charge is 0.426 e. The predicted molar refractivity (Wildman–Crippen MR) is 78.8 cm³/mol. The van der Waals surface area contributed by atoms with Crippen LogP contribution in [-0.4, -0.2) is 15.0 Å². The number of nitrogens with zero attached hydrogens (tertiary/aromatic N) is 2. The Morgan fingerprint density at radius 3 is 3.14 bits per heavy atom. The molecule has 2 atom stereocenters. The van der Waals surface area contributed by atoms with Gasteiger partial charge >= 0.3 is 6.01 Å². The van der Waals surface area contributed by atoms with Gasteiger partial charge in [-0.1, -0.05) is 12.5 Å². The number of aromatic amines is 1. The fourth-order valence-corrected chi connectivity index (χ4v) is 3.15. The minimum Gasteiger partial charge on any atom is -0.426 e. The predicted octanol–water partition coefficient (Wildman–Crippen LogP) is 2.57. The highest BCUT2D eigenvalue weighted by atomic mass is 16.5. The van der Waals surface area contributed by atoms with Crippen molar-refractivity contribution in [3.63, 3.8) is 0 Å². The van der Waals surface area contributed by atoms with E-state index in [0.29, 0.717) is 22.7 Å². The summed E-state index contributed by atoms with van der Waals surface area (Å²) in [6.45, 7) is 0. The van der Waals surface area contributed by atoms with Crippen LogP contribution in [0.2, 0.25) is 0 Å². The lowest BCUT2D eigenvalue weighted by atomic mass is 9.91. The van der Waals surface area contributed by atoms with Crippen LogP contribution in [-0.2, 0) is 0 Å². The minimum atomic E-state index is -0.212. The molecular formula is C16H15N3O2. The fourth-order valence-electron chi connectivity index (χ4n) is 3.15. The van der Waals surface area contributed by atoms with Crippen LogP contribution >= 0.6 is 0 Å². The number of rotatable bonds is 2. The first kappa shape index (κ1) is 12.3. The summed E-state index contributed by atoms with van der Waals surface area (Å²) in [5, 5.41) is 0.515. The highest BCUT2D eigenvalue weighted by Crippen LogP contribution is 2.37. The van der Waals surface area contributed by atoms with E-state index in [1.54, 1.807) is 18.5 Å².